The summed E-state index contributed by atoms with van der Waals surface area (Å²) in [5, 5.41) is 9.29. The van der Waals surface area contributed by atoms with Gasteiger partial charge in [-0.2, -0.15) is 0 Å². The molecule has 0 saturated heterocycles. The molecule has 90 valence electrons. The first kappa shape index (κ1) is 12.1. The highest BCUT2D eigenvalue weighted by molar-refractivity contribution is 14.1. The van der Waals surface area contributed by atoms with Gasteiger partial charge in [-0.25, -0.2) is 0 Å². The van der Waals surface area contributed by atoms with Crippen LogP contribution in [0, 0.1) is 3.57 Å². The van der Waals surface area contributed by atoms with Crippen molar-refractivity contribution in [3.63, 3.8) is 0 Å². The van der Waals surface area contributed by atoms with Crippen LogP contribution in [0.15, 0.2) is 30.6 Å². The molecule has 0 atom stereocenters. The zero-order chi connectivity index (χ0) is 12.7. The Morgan fingerprint density at radius 1 is 1.11 bits per heavy atom. The lowest BCUT2D eigenvalue weighted by Gasteiger charge is -2.03. The molecule has 4 nitrogen and oxygen atoms in total. The van der Waals surface area contributed by atoms with Crippen molar-refractivity contribution in [3.8, 4) is 11.4 Å². The maximum Gasteiger partial charge on any atom is 0.180 e. The molecule has 7 heteroatoms. The number of hydrogen-bond donors (Lipinski definition) is 0. The molecule has 3 aromatic rings. The molecule has 0 spiro atoms. The number of benzene rings is 1. The molecule has 0 radical (unpaired) electrons. The van der Waals surface area contributed by atoms with Crippen LogP contribution >= 0.6 is 45.8 Å². The molecular formula is C11H5Cl2IN4. The summed E-state index contributed by atoms with van der Waals surface area (Å²) in [6.07, 6.45) is 3.16. The number of halogens is 3. The van der Waals surface area contributed by atoms with Crippen LogP contribution in [0.3, 0.4) is 0 Å². The van der Waals surface area contributed by atoms with Gasteiger partial charge in [0, 0.05) is 9.13 Å². The van der Waals surface area contributed by atoms with E-state index < -0.39 is 0 Å². The van der Waals surface area contributed by atoms with E-state index in [0.29, 0.717) is 21.6 Å². The van der Waals surface area contributed by atoms with Gasteiger partial charge in [0.05, 0.1) is 17.4 Å². The number of aromatic nitrogens is 4. The number of fused-ring (bicyclic) bond motifs is 1. The predicted molar refractivity (Wildman–Crippen MR) is 79.0 cm³/mol. The van der Waals surface area contributed by atoms with E-state index in [-0.39, 0.29) is 0 Å². The maximum absolute atomic E-state index is 6.11. The molecule has 0 amide bonds. The summed E-state index contributed by atoms with van der Waals surface area (Å²) in [7, 11) is 0. The molecule has 0 fully saturated rings. The van der Waals surface area contributed by atoms with Crippen molar-refractivity contribution < 1.29 is 0 Å². The normalized spacial score (nSPS) is 11.1. The molecule has 0 unspecified atom stereocenters. The van der Waals surface area contributed by atoms with Crippen LogP contribution in [0.25, 0.3) is 17.0 Å². The molecule has 3 rings (SSSR count). The monoisotopic (exact) mass is 390 g/mol. The van der Waals surface area contributed by atoms with Crippen LogP contribution in [0.5, 0.6) is 0 Å². The molecule has 1 aromatic carbocycles. The number of hydrogen-bond acceptors (Lipinski definition) is 3. The van der Waals surface area contributed by atoms with Gasteiger partial charge >= 0.3 is 0 Å². The van der Waals surface area contributed by atoms with Crippen molar-refractivity contribution in [2.75, 3.05) is 0 Å². The first-order valence-electron chi connectivity index (χ1n) is 4.97. The van der Waals surface area contributed by atoms with E-state index in [1.807, 2.05) is 18.2 Å². The van der Waals surface area contributed by atoms with Crippen molar-refractivity contribution in [1.82, 2.24) is 19.6 Å². The summed E-state index contributed by atoms with van der Waals surface area (Å²) in [5.41, 5.74) is 1.47. The zero-order valence-electron chi connectivity index (χ0n) is 8.81. The van der Waals surface area contributed by atoms with Gasteiger partial charge < -0.3 is 0 Å². The zero-order valence-corrected chi connectivity index (χ0v) is 12.5. The Bertz CT molecular complexity index is 741. The third-order valence-electron chi connectivity index (χ3n) is 2.45. The van der Waals surface area contributed by atoms with Crippen LogP contribution in [0.4, 0.5) is 0 Å². The minimum Gasteiger partial charge on any atom is -0.262 e. The first-order valence-corrected chi connectivity index (χ1v) is 6.80. The average Bonchev–Trinajstić information content (AvgIpc) is 2.78. The van der Waals surface area contributed by atoms with Gasteiger partial charge in [0.1, 0.15) is 5.15 Å². The highest BCUT2D eigenvalue weighted by Crippen LogP contribution is 2.27. The number of rotatable bonds is 1. The molecule has 2 heterocycles. The van der Waals surface area contributed by atoms with E-state index in [1.165, 1.54) is 0 Å². The van der Waals surface area contributed by atoms with Crippen molar-refractivity contribution in [1.29, 1.82) is 0 Å². The fourth-order valence-corrected chi connectivity index (χ4v) is 2.37. The second-order valence-electron chi connectivity index (χ2n) is 3.58. The van der Waals surface area contributed by atoms with E-state index >= 15 is 0 Å². The van der Waals surface area contributed by atoms with Crippen LogP contribution in [-0.2, 0) is 0 Å². The molecule has 0 N–H and O–H groups in total. The summed E-state index contributed by atoms with van der Waals surface area (Å²) < 4.78 is 2.71. The van der Waals surface area contributed by atoms with E-state index in [0.717, 1.165) is 9.13 Å². The largest absolute Gasteiger partial charge is 0.262 e. The minimum absolute atomic E-state index is 0.460. The van der Waals surface area contributed by atoms with Crippen molar-refractivity contribution in [2.45, 2.75) is 0 Å². The highest BCUT2D eigenvalue weighted by Gasteiger charge is 2.11. The van der Waals surface area contributed by atoms with Gasteiger partial charge in [0.15, 0.2) is 11.5 Å². The van der Waals surface area contributed by atoms with Gasteiger partial charge in [-0.15, -0.1) is 10.2 Å². The summed E-state index contributed by atoms with van der Waals surface area (Å²) >= 11 is 14.4. The van der Waals surface area contributed by atoms with Crippen LogP contribution in [-0.4, -0.2) is 19.6 Å². The summed E-state index contributed by atoms with van der Waals surface area (Å²) in [6.45, 7) is 0. The second kappa shape index (κ2) is 4.64. The van der Waals surface area contributed by atoms with Gasteiger partial charge in [0.25, 0.3) is 0 Å². The number of nitrogens with zero attached hydrogens (tertiary/aromatic N) is 4. The Balaban J connectivity index is 2.28. The van der Waals surface area contributed by atoms with E-state index in [2.05, 4.69) is 37.8 Å². The Morgan fingerprint density at radius 3 is 2.72 bits per heavy atom. The highest BCUT2D eigenvalue weighted by atomic mass is 127. The fraction of sp³-hybridized carbons (Fsp3) is 0. The van der Waals surface area contributed by atoms with Crippen molar-refractivity contribution in [3.05, 3.63) is 44.3 Å². The van der Waals surface area contributed by atoms with E-state index in [4.69, 9.17) is 23.2 Å². The standard InChI is InChI=1S/C11H5Cl2IN4/c12-7-3-6(1-2-8(7)14)11-17-16-10-5-15-4-9(13)18(10)11/h1-5H. The maximum atomic E-state index is 6.11. The summed E-state index contributed by atoms with van der Waals surface area (Å²) in [5.74, 6) is 0.649. The van der Waals surface area contributed by atoms with E-state index in [1.54, 1.807) is 16.8 Å². The molecule has 18 heavy (non-hydrogen) atoms. The third kappa shape index (κ3) is 1.96. The smallest absolute Gasteiger partial charge is 0.180 e. The topological polar surface area (TPSA) is 43.1 Å². The van der Waals surface area contributed by atoms with Crippen LogP contribution in [0.1, 0.15) is 0 Å². The summed E-state index contributed by atoms with van der Waals surface area (Å²) in [6, 6.07) is 5.70. The predicted octanol–water partition coefficient (Wildman–Crippen LogP) is 3.70. The molecule has 0 aliphatic carbocycles. The van der Waals surface area contributed by atoms with Crippen molar-refractivity contribution >= 4 is 51.4 Å². The molecular weight excluding hydrogens is 386 g/mol. The minimum atomic E-state index is 0.460. The molecule has 0 aliphatic heterocycles. The molecule has 0 bridgehead atoms. The summed E-state index contributed by atoms with van der Waals surface area (Å²) in [4.78, 5) is 3.97. The van der Waals surface area contributed by atoms with Crippen molar-refractivity contribution in [2.24, 2.45) is 0 Å². The van der Waals surface area contributed by atoms with Gasteiger partial charge in [-0.05, 0) is 34.7 Å². The van der Waals surface area contributed by atoms with Crippen LogP contribution < -0.4 is 0 Å². The molecule has 0 aliphatic rings. The Labute approximate surface area is 126 Å². The lowest BCUT2D eigenvalue weighted by molar-refractivity contribution is 1.11. The lowest BCUT2D eigenvalue weighted by Crippen LogP contribution is -1.92. The third-order valence-corrected chi connectivity index (χ3v) is 4.29. The van der Waals surface area contributed by atoms with E-state index in [9.17, 15) is 0 Å². The molecule has 2 aromatic heterocycles. The second-order valence-corrected chi connectivity index (χ2v) is 5.53. The quantitative estimate of drug-likeness (QED) is 0.595. The SMILES string of the molecule is Clc1cc(-c2nnc3cncc(Cl)n23)ccc1I. The fourth-order valence-electron chi connectivity index (χ4n) is 1.64. The van der Waals surface area contributed by atoms with Gasteiger partial charge in [-0.3, -0.25) is 9.38 Å². The lowest BCUT2D eigenvalue weighted by atomic mass is 10.2. The Hall–Kier alpha value is -0.920. The molecule has 0 saturated carbocycles. The van der Waals surface area contributed by atoms with Gasteiger partial charge in [-0.1, -0.05) is 29.3 Å². The first-order chi connectivity index (χ1) is 8.66. The van der Waals surface area contributed by atoms with Gasteiger partial charge in [0.2, 0.25) is 0 Å². The van der Waals surface area contributed by atoms with Crippen LogP contribution in [0.2, 0.25) is 10.2 Å². The Morgan fingerprint density at radius 2 is 1.94 bits per heavy atom. The Kier molecular flexibility index (Phi) is 3.13. The average molecular weight is 391 g/mol.